The first-order valence-electron chi connectivity index (χ1n) is 9.00. The summed E-state index contributed by atoms with van der Waals surface area (Å²) >= 11 is 0. The van der Waals surface area contributed by atoms with Crippen LogP contribution in [0.2, 0.25) is 0 Å². The Morgan fingerprint density at radius 2 is 1.54 bits per heavy atom. The minimum absolute atomic E-state index is 0.343. The number of nitrogens with two attached hydrogens (primary N) is 1. The zero-order chi connectivity index (χ0) is 18.3. The lowest BCUT2D eigenvalue weighted by Gasteiger charge is -2.08. The molecule has 0 saturated heterocycles. The number of allylic oxidation sites excluding steroid dienone is 1. The fraction of sp³-hybridized carbons (Fsp3) is 0.824. The van der Waals surface area contributed by atoms with E-state index in [4.69, 9.17) is 20.3 Å². The molecule has 0 aliphatic carbocycles. The quantitative estimate of drug-likeness (QED) is 0.178. The molecule has 0 aromatic carbocycles. The molecule has 0 spiro atoms. The predicted octanol–water partition coefficient (Wildman–Crippen LogP) is 3.51. The summed E-state index contributed by atoms with van der Waals surface area (Å²) in [5.74, 6) is -0.562. The Hall–Kier alpha value is -0.680. The van der Waals surface area contributed by atoms with Gasteiger partial charge < -0.3 is 20.3 Å². The summed E-state index contributed by atoms with van der Waals surface area (Å²) in [6.07, 6.45) is 14.2. The molecule has 7 heteroatoms. The van der Waals surface area contributed by atoms with Gasteiger partial charge >= 0.3 is 13.6 Å². The number of carbonyl (C=O) groups excluding carboxylic acids is 1. The normalized spacial score (nSPS) is 13.3. The number of unbranched alkanes of at least 4 members (excludes halogenated alkanes) is 9. The summed E-state index contributed by atoms with van der Waals surface area (Å²) < 4.78 is 15.7. The number of ether oxygens (including phenoxy) is 1. The van der Waals surface area contributed by atoms with Gasteiger partial charge in [0.2, 0.25) is 0 Å². The summed E-state index contributed by atoms with van der Waals surface area (Å²) in [4.78, 5) is 28.9. The van der Waals surface area contributed by atoms with E-state index in [-0.39, 0.29) is 0 Å². The van der Waals surface area contributed by atoms with Crippen molar-refractivity contribution in [1.29, 1.82) is 0 Å². The van der Waals surface area contributed by atoms with Gasteiger partial charge in [0.1, 0.15) is 6.04 Å². The lowest BCUT2D eigenvalue weighted by molar-refractivity contribution is -0.144. The molecule has 142 valence electrons. The van der Waals surface area contributed by atoms with Crippen LogP contribution in [0.4, 0.5) is 0 Å². The Kier molecular flexibility index (Phi) is 14.2. The Bertz CT molecular complexity index is 394. The summed E-state index contributed by atoms with van der Waals surface area (Å²) in [5, 5.41) is 0. The Labute approximate surface area is 146 Å². The highest BCUT2D eigenvalue weighted by molar-refractivity contribution is 7.51. The van der Waals surface area contributed by atoms with Gasteiger partial charge in [-0.2, -0.15) is 0 Å². The van der Waals surface area contributed by atoms with Crippen molar-refractivity contribution >= 4 is 13.6 Å². The average Bonchev–Trinajstić information content (AvgIpc) is 2.51. The van der Waals surface area contributed by atoms with Gasteiger partial charge in [0.25, 0.3) is 0 Å². The molecule has 0 radical (unpaired) electrons. The van der Waals surface area contributed by atoms with E-state index in [0.717, 1.165) is 19.3 Å². The highest BCUT2D eigenvalue weighted by atomic mass is 31.2. The van der Waals surface area contributed by atoms with E-state index in [1.54, 1.807) is 0 Å². The summed E-state index contributed by atoms with van der Waals surface area (Å²) in [6, 6.07) is -0.973. The molecule has 0 amide bonds. The van der Waals surface area contributed by atoms with Gasteiger partial charge in [-0.3, -0.25) is 9.36 Å². The molecule has 1 unspecified atom stereocenters. The number of hydrogen-bond donors (Lipinski definition) is 3. The maximum atomic E-state index is 11.6. The molecule has 4 N–H and O–H groups in total. The lowest BCUT2D eigenvalue weighted by atomic mass is 10.1. The van der Waals surface area contributed by atoms with E-state index in [1.165, 1.54) is 57.1 Å². The molecule has 0 saturated carbocycles. The molecule has 0 heterocycles. The van der Waals surface area contributed by atoms with Gasteiger partial charge in [0, 0.05) is 0 Å². The van der Waals surface area contributed by atoms with Crippen LogP contribution in [0.3, 0.4) is 0 Å². The molecule has 24 heavy (non-hydrogen) atoms. The smallest absolute Gasteiger partial charge is 0.329 e. The zero-order valence-corrected chi connectivity index (χ0v) is 15.8. The molecule has 1 atom stereocenters. The van der Waals surface area contributed by atoms with Crippen LogP contribution in [0.25, 0.3) is 0 Å². The maximum Gasteiger partial charge on any atom is 0.329 e. The minimum Gasteiger partial charge on any atom is -0.464 e. The van der Waals surface area contributed by atoms with Crippen LogP contribution in [-0.4, -0.2) is 34.6 Å². The van der Waals surface area contributed by atoms with Crippen molar-refractivity contribution in [3.05, 3.63) is 12.2 Å². The van der Waals surface area contributed by atoms with Gasteiger partial charge in [-0.1, -0.05) is 76.9 Å². The summed E-state index contributed by atoms with van der Waals surface area (Å²) in [5.41, 5.74) is 5.56. The third-order valence-electron chi connectivity index (χ3n) is 3.70. The topological polar surface area (TPSA) is 110 Å². The molecule has 0 rings (SSSR count). The van der Waals surface area contributed by atoms with Gasteiger partial charge in [-0.25, -0.2) is 0 Å². The second-order valence-corrected chi connectivity index (χ2v) is 7.85. The first-order valence-corrected chi connectivity index (χ1v) is 10.8. The average molecular weight is 363 g/mol. The number of esters is 1. The number of hydrogen-bond acceptors (Lipinski definition) is 4. The first kappa shape index (κ1) is 23.3. The van der Waals surface area contributed by atoms with Crippen LogP contribution in [0.1, 0.15) is 71.1 Å². The van der Waals surface area contributed by atoms with Crippen molar-refractivity contribution in [2.45, 2.75) is 77.2 Å². The molecule has 6 nitrogen and oxygen atoms in total. The first-order chi connectivity index (χ1) is 11.4. The summed E-state index contributed by atoms with van der Waals surface area (Å²) in [6.45, 7) is 2.56. The van der Waals surface area contributed by atoms with Crippen molar-refractivity contribution in [3.63, 3.8) is 0 Å². The molecule has 0 fully saturated rings. The summed E-state index contributed by atoms with van der Waals surface area (Å²) in [7, 11) is -4.09. The van der Waals surface area contributed by atoms with E-state index in [9.17, 15) is 9.36 Å². The van der Waals surface area contributed by atoms with Gasteiger partial charge in [0.05, 0.1) is 12.8 Å². The Balaban J connectivity index is 3.50. The number of carbonyl (C=O) groups is 1. The largest absolute Gasteiger partial charge is 0.464 e. The van der Waals surface area contributed by atoms with E-state index < -0.39 is 25.8 Å². The molecule has 0 aromatic heterocycles. The molecule has 0 aliphatic heterocycles. The molecule has 0 aromatic rings. The van der Waals surface area contributed by atoms with E-state index in [0.29, 0.717) is 6.61 Å². The van der Waals surface area contributed by atoms with E-state index in [2.05, 4.69) is 6.92 Å². The fourth-order valence-corrected chi connectivity index (χ4v) is 2.68. The second kappa shape index (κ2) is 14.6. The highest BCUT2D eigenvalue weighted by Crippen LogP contribution is 2.33. The van der Waals surface area contributed by atoms with Gasteiger partial charge in [-0.15, -0.1) is 0 Å². The van der Waals surface area contributed by atoms with Crippen molar-refractivity contribution in [2.75, 3.05) is 12.8 Å². The Morgan fingerprint density at radius 3 is 2.04 bits per heavy atom. The van der Waals surface area contributed by atoms with Gasteiger partial charge in [0.15, 0.2) is 0 Å². The van der Waals surface area contributed by atoms with Crippen LogP contribution in [0.5, 0.6) is 0 Å². The number of rotatable bonds is 15. The predicted molar refractivity (Wildman–Crippen MR) is 96.8 cm³/mol. The SMILES string of the molecule is CCCCCCCCCCCCOC(=O)C(N)C=CCP(=O)(O)O. The molecular weight excluding hydrogens is 329 g/mol. The van der Waals surface area contributed by atoms with Crippen molar-refractivity contribution in [2.24, 2.45) is 5.73 Å². The minimum atomic E-state index is -4.09. The van der Waals surface area contributed by atoms with Crippen molar-refractivity contribution in [1.82, 2.24) is 0 Å². The van der Waals surface area contributed by atoms with E-state index >= 15 is 0 Å². The van der Waals surface area contributed by atoms with Crippen LogP contribution in [0, 0.1) is 0 Å². The van der Waals surface area contributed by atoms with Crippen molar-refractivity contribution in [3.8, 4) is 0 Å². The molecule has 0 bridgehead atoms. The standard InChI is InChI=1S/C17H34NO5P/c1-2-3-4-5-6-7-8-9-10-11-14-23-17(19)16(18)13-12-15-24(20,21)22/h12-13,16H,2-11,14-15,18H2,1H3,(H2,20,21,22). The fourth-order valence-electron chi connectivity index (χ4n) is 2.28. The third kappa shape index (κ3) is 16.2. The van der Waals surface area contributed by atoms with Crippen molar-refractivity contribution < 1.29 is 23.9 Å². The highest BCUT2D eigenvalue weighted by Gasteiger charge is 2.13. The zero-order valence-electron chi connectivity index (χ0n) is 14.9. The molecule has 0 aliphatic rings. The monoisotopic (exact) mass is 363 g/mol. The lowest BCUT2D eigenvalue weighted by Crippen LogP contribution is -2.30. The third-order valence-corrected chi connectivity index (χ3v) is 4.39. The van der Waals surface area contributed by atoms with Crippen LogP contribution < -0.4 is 5.73 Å². The Morgan fingerprint density at radius 1 is 1.04 bits per heavy atom. The van der Waals surface area contributed by atoms with Crippen LogP contribution in [-0.2, 0) is 14.1 Å². The second-order valence-electron chi connectivity index (χ2n) is 6.15. The molecular formula is C17H34NO5P. The van der Waals surface area contributed by atoms with Crippen LogP contribution >= 0.6 is 7.60 Å². The maximum absolute atomic E-state index is 11.6. The van der Waals surface area contributed by atoms with E-state index in [1.807, 2.05) is 0 Å². The van der Waals surface area contributed by atoms with Gasteiger partial charge in [-0.05, 0) is 6.42 Å². The van der Waals surface area contributed by atoms with Crippen LogP contribution in [0.15, 0.2) is 12.2 Å².